The number of hydrogen-bond acceptors (Lipinski definition) is 4. The maximum Gasteiger partial charge on any atom is 0.150 e. The molecule has 1 heterocycles. The molecule has 4 nitrogen and oxygen atoms in total. The largest absolute Gasteiger partial charge is 0.359 e. The van der Waals surface area contributed by atoms with Crippen LogP contribution in [0.3, 0.4) is 0 Å². The average molecular weight is 347 g/mol. The predicted octanol–water partition coefficient (Wildman–Crippen LogP) is 4.59. The molecule has 0 amide bonds. The van der Waals surface area contributed by atoms with Crippen LogP contribution in [0.15, 0.2) is 60.7 Å². The second kappa shape index (κ2) is 6.67. The van der Waals surface area contributed by atoms with Gasteiger partial charge in [0.25, 0.3) is 0 Å². The monoisotopic (exact) mass is 347 g/mol. The van der Waals surface area contributed by atoms with E-state index in [2.05, 4.69) is 15.5 Å². The lowest BCUT2D eigenvalue weighted by Gasteiger charge is -2.43. The van der Waals surface area contributed by atoms with Gasteiger partial charge in [-0.05, 0) is 55.2 Å². The Morgan fingerprint density at radius 2 is 1.81 bits per heavy atom. The van der Waals surface area contributed by atoms with Crippen molar-refractivity contribution in [3.8, 4) is 11.3 Å². The van der Waals surface area contributed by atoms with Crippen molar-refractivity contribution < 1.29 is 9.18 Å². The van der Waals surface area contributed by atoms with Gasteiger partial charge in [0, 0.05) is 11.1 Å². The highest BCUT2D eigenvalue weighted by molar-refractivity contribution is 5.78. The maximum atomic E-state index is 13.2. The van der Waals surface area contributed by atoms with Crippen molar-refractivity contribution in [2.45, 2.75) is 24.8 Å². The number of nitrogens with zero attached hydrogens (tertiary/aromatic N) is 2. The number of hydrogen-bond donors (Lipinski definition) is 1. The van der Waals surface area contributed by atoms with E-state index in [0.717, 1.165) is 36.7 Å². The van der Waals surface area contributed by atoms with Crippen LogP contribution in [0.4, 0.5) is 10.2 Å². The van der Waals surface area contributed by atoms with Gasteiger partial charge < -0.3 is 5.32 Å². The fourth-order valence-electron chi connectivity index (χ4n) is 3.35. The molecule has 1 aromatic heterocycles. The minimum absolute atomic E-state index is 0.207. The van der Waals surface area contributed by atoms with Gasteiger partial charge in [-0.25, -0.2) is 4.39 Å². The molecule has 0 aliphatic heterocycles. The zero-order valence-electron chi connectivity index (χ0n) is 14.2. The van der Waals surface area contributed by atoms with Crippen LogP contribution < -0.4 is 5.32 Å². The number of halogens is 1. The number of carbonyl (C=O) groups is 1. The van der Waals surface area contributed by atoms with Gasteiger partial charge in [-0.1, -0.05) is 30.3 Å². The van der Waals surface area contributed by atoms with E-state index in [4.69, 9.17) is 0 Å². The van der Waals surface area contributed by atoms with Crippen molar-refractivity contribution in [3.63, 3.8) is 0 Å². The number of aldehydes is 1. The Bertz CT molecular complexity index is 919. The predicted molar refractivity (Wildman–Crippen MR) is 98.4 cm³/mol. The van der Waals surface area contributed by atoms with Gasteiger partial charge in [0.05, 0.1) is 11.2 Å². The Morgan fingerprint density at radius 3 is 2.42 bits per heavy atom. The fourth-order valence-corrected chi connectivity index (χ4v) is 3.35. The van der Waals surface area contributed by atoms with Crippen LogP contribution in [0.25, 0.3) is 11.3 Å². The van der Waals surface area contributed by atoms with Crippen molar-refractivity contribution in [1.82, 2.24) is 10.2 Å². The summed E-state index contributed by atoms with van der Waals surface area (Å²) in [5.74, 6) is 0.453. The van der Waals surface area contributed by atoms with Crippen LogP contribution in [0.5, 0.6) is 0 Å². The number of nitrogens with one attached hydrogen (secondary N) is 1. The van der Waals surface area contributed by atoms with Crippen LogP contribution in [0.2, 0.25) is 0 Å². The van der Waals surface area contributed by atoms with Crippen molar-refractivity contribution in [3.05, 3.63) is 77.6 Å². The van der Waals surface area contributed by atoms with Gasteiger partial charge in [0.2, 0.25) is 0 Å². The highest BCUT2D eigenvalue weighted by atomic mass is 19.1. The first-order valence-electron chi connectivity index (χ1n) is 8.62. The second-order valence-electron chi connectivity index (χ2n) is 6.61. The Morgan fingerprint density at radius 1 is 1.00 bits per heavy atom. The van der Waals surface area contributed by atoms with Gasteiger partial charge in [-0.3, -0.25) is 4.79 Å². The molecule has 1 aliphatic carbocycles. The number of anilines is 1. The molecule has 5 heteroatoms. The average Bonchev–Trinajstić information content (AvgIpc) is 2.66. The smallest absolute Gasteiger partial charge is 0.150 e. The van der Waals surface area contributed by atoms with Crippen LogP contribution >= 0.6 is 0 Å². The summed E-state index contributed by atoms with van der Waals surface area (Å²) in [4.78, 5) is 10.9. The van der Waals surface area contributed by atoms with E-state index < -0.39 is 0 Å². The lowest BCUT2D eigenvalue weighted by molar-refractivity contribution is 0.112. The summed E-state index contributed by atoms with van der Waals surface area (Å²) >= 11 is 0. The molecule has 1 fully saturated rings. The van der Waals surface area contributed by atoms with Crippen molar-refractivity contribution >= 4 is 12.1 Å². The lowest BCUT2D eigenvalue weighted by Crippen LogP contribution is -2.42. The fraction of sp³-hybridized carbons (Fsp3) is 0.190. The lowest BCUT2D eigenvalue weighted by atomic mass is 9.72. The van der Waals surface area contributed by atoms with E-state index >= 15 is 0 Å². The molecule has 1 aliphatic rings. The summed E-state index contributed by atoms with van der Waals surface area (Å²) in [6, 6.07) is 17.7. The summed E-state index contributed by atoms with van der Waals surface area (Å²) < 4.78 is 13.2. The molecule has 0 atom stereocenters. The van der Waals surface area contributed by atoms with Gasteiger partial charge >= 0.3 is 0 Å². The van der Waals surface area contributed by atoms with Gasteiger partial charge in [0.1, 0.15) is 17.9 Å². The molecular formula is C21H18FN3O. The quantitative estimate of drug-likeness (QED) is 0.686. The molecule has 4 rings (SSSR count). The summed E-state index contributed by atoms with van der Waals surface area (Å²) in [5.41, 5.74) is 3.03. The number of aromatic nitrogens is 2. The SMILES string of the molecule is O=Cc1cccc(-c2ccc(NC3(c4ccc(F)cc4)CCC3)nn2)c1. The first-order chi connectivity index (χ1) is 12.7. The minimum Gasteiger partial charge on any atom is -0.359 e. The molecule has 130 valence electrons. The van der Waals surface area contributed by atoms with Crippen LogP contribution in [-0.2, 0) is 5.54 Å². The van der Waals surface area contributed by atoms with E-state index in [1.807, 2.05) is 36.4 Å². The Kier molecular flexibility index (Phi) is 4.21. The van der Waals surface area contributed by atoms with Crippen molar-refractivity contribution in [2.24, 2.45) is 0 Å². The van der Waals surface area contributed by atoms with Crippen molar-refractivity contribution in [2.75, 3.05) is 5.32 Å². The highest BCUT2D eigenvalue weighted by Gasteiger charge is 2.39. The molecule has 2 aromatic carbocycles. The third-order valence-corrected chi connectivity index (χ3v) is 4.95. The molecular weight excluding hydrogens is 329 g/mol. The molecule has 0 spiro atoms. The van der Waals surface area contributed by atoms with Crippen LogP contribution in [0, 0.1) is 5.82 Å². The van der Waals surface area contributed by atoms with Crippen LogP contribution in [-0.4, -0.2) is 16.5 Å². The first kappa shape index (κ1) is 16.4. The maximum absolute atomic E-state index is 13.2. The van der Waals surface area contributed by atoms with Crippen LogP contribution in [0.1, 0.15) is 35.2 Å². The summed E-state index contributed by atoms with van der Waals surface area (Å²) in [5, 5.41) is 12.1. The van der Waals surface area contributed by atoms with Gasteiger partial charge in [0.15, 0.2) is 0 Å². The molecule has 0 unspecified atom stereocenters. The summed E-state index contributed by atoms with van der Waals surface area (Å²) in [6.45, 7) is 0. The van der Waals surface area contributed by atoms with E-state index in [-0.39, 0.29) is 11.4 Å². The third kappa shape index (κ3) is 3.08. The van der Waals surface area contributed by atoms with E-state index in [1.165, 1.54) is 12.1 Å². The van der Waals surface area contributed by atoms with E-state index in [1.54, 1.807) is 12.1 Å². The Hall–Kier alpha value is -3.08. The molecule has 1 saturated carbocycles. The number of benzene rings is 2. The third-order valence-electron chi connectivity index (χ3n) is 4.95. The molecule has 0 radical (unpaired) electrons. The molecule has 1 N–H and O–H groups in total. The summed E-state index contributed by atoms with van der Waals surface area (Å²) in [7, 11) is 0. The standard InChI is InChI=1S/C21H18FN3O/c22-18-7-5-17(6-8-18)21(11-2-12-21)23-20-10-9-19(24-25-20)16-4-1-3-15(13-16)14-26/h1,3-10,13-14H,2,11-12H2,(H,23,25). The Labute approximate surface area is 151 Å². The zero-order chi connectivity index (χ0) is 18.0. The van der Waals surface area contributed by atoms with Gasteiger partial charge in [-0.15, -0.1) is 10.2 Å². The number of carbonyl (C=O) groups excluding carboxylic acids is 1. The highest BCUT2D eigenvalue weighted by Crippen LogP contribution is 2.43. The normalized spacial score (nSPS) is 15.1. The molecule has 0 bridgehead atoms. The second-order valence-corrected chi connectivity index (χ2v) is 6.61. The molecule has 3 aromatic rings. The summed E-state index contributed by atoms with van der Waals surface area (Å²) in [6.07, 6.45) is 3.89. The number of rotatable bonds is 5. The van der Waals surface area contributed by atoms with Gasteiger partial charge in [-0.2, -0.15) is 0 Å². The molecule has 26 heavy (non-hydrogen) atoms. The Balaban J connectivity index is 1.56. The molecule has 0 saturated heterocycles. The zero-order valence-corrected chi connectivity index (χ0v) is 14.2. The topological polar surface area (TPSA) is 54.9 Å². The van der Waals surface area contributed by atoms with Crippen molar-refractivity contribution in [1.29, 1.82) is 0 Å². The first-order valence-corrected chi connectivity index (χ1v) is 8.62. The minimum atomic E-state index is -0.232. The van der Waals surface area contributed by atoms with E-state index in [0.29, 0.717) is 17.1 Å². The van der Waals surface area contributed by atoms with E-state index in [9.17, 15) is 9.18 Å².